The van der Waals surface area contributed by atoms with Gasteiger partial charge in [-0.05, 0) is 25.1 Å². The van der Waals surface area contributed by atoms with E-state index in [1.807, 2.05) is 19.1 Å². The highest BCUT2D eigenvalue weighted by molar-refractivity contribution is 6.31. The van der Waals surface area contributed by atoms with E-state index in [2.05, 4.69) is 11.6 Å². The van der Waals surface area contributed by atoms with Gasteiger partial charge in [0.05, 0.1) is 10.7 Å². The predicted octanol–water partition coefficient (Wildman–Crippen LogP) is 2.69. The summed E-state index contributed by atoms with van der Waals surface area (Å²) in [4.78, 5) is 4.14. The van der Waals surface area contributed by atoms with Gasteiger partial charge in [0, 0.05) is 5.69 Å². The zero-order chi connectivity index (χ0) is 7.56. The molecule has 0 saturated carbocycles. The number of hydrogen-bond acceptors (Lipinski definition) is 1. The molecule has 0 radical (unpaired) electrons. The average Bonchev–Trinajstić information content (AvgIpc) is 1.94. The van der Waals surface area contributed by atoms with Crippen molar-refractivity contribution >= 4 is 17.7 Å². The molecular weight excluding hydrogens is 146 g/mol. The summed E-state index contributed by atoms with van der Waals surface area (Å²) in [6.45, 7) is 5.51. The molecule has 52 valence electrons. The van der Waals surface area contributed by atoms with E-state index in [1.54, 1.807) is 6.08 Å². The van der Waals surface area contributed by atoms with Crippen molar-refractivity contribution in [2.75, 3.05) is 0 Å². The molecular formula is C8H8ClN. The molecule has 0 fully saturated rings. The fourth-order valence-corrected chi connectivity index (χ4v) is 0.885. The molecule has 1 rings (SSSR count). The summed E-state index contributed by atoms with van der Waals surface area (Å²) in [6, 6.07) is 3.69. The topological polar surface area (TPSA) is 12.9 Å². The maximum absolute atomic E-state index is 5.76. The Morgan fingerprint density at radius 1 is 1.60 bits per heavy atom. The van der Waals surface area contributed by atoms with Crippen LogP contribution in [-0.2, 0) is 0 Å². The molecule has 1 heterocycles. The molecule has 0 atom stereocenters. The lowest BCUT2D eigenvalue weighted by atomic mass is 10.3. The zero-order valence-corrected chi connectivity index (χ0v) is 6.52. The monoisotopic (exact) mass is 153 g/mol. The number of aryl methyl sites for hydroxylation is 1. The maximum atomic E-state index is 5.76. The molecule has 0 unspecified atom stereocenters. The average molecular weight is 154 g/mol. The molecule has 2 heteroatoms. The second-order valence-electron chi connectivity index (χ2n) is 2.02. The van der Waals surface area contributed by atoms with E-state index < -0.39 is 0 Å². The van der Waals surface area contributed by atoms with Gasteiger partial charge >= 0.3 is 0 Å². The zero-order valence-electron chi connectivity index (χ0n) is 5.76. The Kier molecular flexibility index (Phi) is 2.07. The van der Waals surface area contributed by atoms with E-state index in [1.165, 1.54) is 0 Å². The minimum atomic E-state index is 0.653. The van der Waals surface area contributed by atoms with Gasteiger partial charge in [0.2, 0.25) is 0 Å². The van der Waals surface area contributed by atoms with Crippen LogP contribution >= 0.6 is 11.6 Å². The standard InChI is InChI=1S/C8H8ClN/c1-3-8-7(9)5-4-6(2)10-8/h3-5H,1H2,2H3. The van der Waals surface area contributed by atoms with Crippen molar-refractivity contribution < 1.29 is 0 Å². The van der Waals surface area contributed by atoms with Crippen molar-refractivity contribution in [2.45, 2.75) is 6.92 Å². The van der Waals surface area contributed by atoms with Crippen molar-refractivity contribution in [2.24, 2.45) is 0 Å². The maximum Gasteiger partial charge on any atom is 0.0813 e. The first kappa shape index (κ1) is 7.29. The Balaban J connectivity index is 3.21. The first-order valence-corrected chi connectivity index (χ1v) is 3.37. The van der Waals surface area contributed by atoms with Crippen LogP contribution in [0.1, 0.15) is 11.4 Å². The summed E-state index contributed by atoms with van der Waals surface area (Å²) >= 11 is 5.76. The lowest BCUT2D eigenvalue weighted by Crippen LogP contribution is -1.84. The van der Waals surface area contributed by atoms with Gasteiger partial charge in [-0.1, -0.05) is 18.2 Å². The van der Waals surface area contributed by atoms with Gasteiger partial charge in [-0.3, -0.25) is 4.98 Å². The second kappa shape index (κ2) is 2.84. The molecule has 0 spiro atoms. The molecule has 10 heavy (non-hydrogen) atoms. The SMILES string of the molecule is C=Cc1nc(C)ccc1Cl. The lowest BCUT2D eigenvalue weighted by molar-refractivity contribution is 1.18. The first-order valence-electron chi connectivity index (χ1n) is 2.99. The molecule has 0 aliphatic carbocycles. The van der Waals surface area contributed by atoms with E-state index in [-0.39, 0.29) is 0 Å². The molecule has 0 aliphatic rings. The van der Waals surface area contributed by atoms with Gasteiger partial charge < -0.3 is 0 Å². The molecule has 1 aromatic rings. The van der Waals surface area contributed by atoms with E-state index in [9.17, 15) is 0 Å². The minimum Gasteiger partial charge on any atom is -0.252 e. The van der Waals surface area contributed by atoms with Gasteiger partial charge in [0.15, 0.2) is 0 Å². The highest BCUT2D eigenvalue weighted by Gasteiger charge is 1.95. The molecule has 0 bridgehead atoms. The second-order valence-corrected chi connectivity index (χ2v) is 2.43. The molecule has 1 nitrogen and oxygen atoms in total. The third-order valence-electron chi connectivity index (χ3n) is 1.21. The first-order chi connectivity index (χ1) is 4.74. The van der Waals surface area contributed by atoms with Crippen LogP contribution in [0.5, 0.6) is 0 Å². The van der Waals surface area contributed by atoms with Crippen LogP contribution in [0.2, 0.25) is 5.02 Å². The predicted molar refractivity (Wildman–Crippen MR) is 44.1 cm³/mol. The fraction of sp³-hybridized carbons (Fsp3) is 0.125. The number of halogens is 1. The fourth-order valence-electron chi connectivity index (χ4n) is 0.703. The molecule has 0 aliphatic heterocycles. The van der Waals surface area contributed by atoms with Crippen molar-refractivity contribution in [3.8, 4) is 0 Å². The van der Waals surface area contributed by atoms with Crippen LogP contribution < -0.4 is 0 Å². The summed E-state index contributed by atoms with van der Waals surface area (Å²) in [5.74, 6) is 0. The van der Waals surface area contributed by atoms with Crippen LogP contribution in [-0.4, -0.2) is 4.98 Å². The highest BCUT2D eigenvalue weighted by atomic mass is 35.5. The van der Waals surface area contributed by atoms with Crippen LogP contribution in [0.3, 0.4) is 0 Å². The molecule has 0 amide bonds. The van der Waals surface area contributed by atoms with Crippen molar-refractivity contribution in [1.82, 2.24) is 4.98 Å². The Morgan fingerprint density at radius 2 is 2.30 bits per heavy atom. The normalized spacial score (nSPS) is 9.40. The molecule has 0 N–H and O–H groups in total. The quantitative estimate of drug-likeness (QED) is 0.605. The van der Waals surface area contributed by atoms with Gasteiger partial charge in [-0.2, -0.15) is 0 Å². The van der Waals surface area contributed by atoms with E-state index in [0.717, 1.165) is 11.4 Å². The van der Waals surface area contributed by atoms with Crippen molar-refractivity contribution in [3.05, 3.63) is 35.1 Å². The summed E-state index contributed by atoms with van der Waals surface area (Å²) < 4.78 is 0. The summed E-state index contributed by atoms with van der Waals surface area (Å²) in [6.07, 6.45) is 1.65. The summed E-state index contributed by atoms with van der Waals surface area (Å²) in [5, 5.41) is 0.653. The number of pyridine rings is 1. The number of aromatic nitrogens is 1. The number of hydrogen-bond donors (Lipinski definition) is 0. The van der Waals surface area contributed by atoms with Gasteiger partial charge in [-0.25, -0.2) is 0 Å². The van der Waals surface area contributed by atoms with Crippen LogP contribution in [0.25, 0.3) is 6.08 Å². The Bertz CT molecular complexity index is 255. The number of nitrogens with zero attached hydrogens (tertiary/aromatic N) is 1. The van der Waals surface area contributed by atoms with Gasteiger partial charge in [0.25, 0.3) is 0 Å². The molecule has 0 saturated heterocycles. The smallest absolute Gasteiger partial charge is 0.0813 e. The molecule has 0 aromatic carbocycles. The van der Waals surface area contributed by atoms with Crippen molar-refractivity contribution in [1.29, 1.82) is 0 Å². The van der Waals surface area contributed by atoms with E-state index in [4.69, 9.17) is 11.6 Å². The third kappa shape index (κ3) is 1.36. The van der Waals surface area contributed by atoms with E-state index >= 15 is 0 Å². The van der Waals surface area contributed by atoms with Crippen LogP contribution in [0.15, 0.2) is 18.7 Å². The minimum absolute atomic E-state index is 0.653. The Morgan fingerprint density at radius 3 is 2.80 bits per heavy atom. The molecule has 1 aromatic heterocycles. The Hall–Kier alpha value is -0.820. The summed E-state index contributed by atoms with van der Waals surface area (Å²) in [5.41, 5.74) is 1.71. The lowest BCUT2D eigenvalue weighted by Gasteiger charge is -1.96. The highest BCUT2D eigenvalue weighted by Crippen LogP contribution is 2.14. The third-order valence-corrected chi connectivity index (χ3v) is 1.53. The number of rotatable bonds is 1. The van der Waals surface area contributed by atoms with Gasteiger partial charge in [-0.15, -0.1) is 0 Å². The van der Waals surface area contributed by atoms with Gasteiger partial charge in [0.1, 0.15) is 0 Å². The van der Waals surface area contributed by atoms with E-state index in [0.29, 0.717) is 5.02 Å². The van der Waals surface area contributed by atoms with Crippen LogP contribution in [0, 0.1) is 6.92 Å². The summed E-state index contributed by atoms with van der Waals surface area (Å²) in [7, 11) is 0. The largest absolute Gasteiger partial charge is 0.252 e. The Labute approximate surface area is 65.4 Å². The van der Waals surface area contributed by atoms with Crippen LogP contribution in [0.4, 0.5) is 0 Å². The van der Waals surface area contributed by atoms with Crippen molar-refractivity contribution in [3.63, 3.8) is 0 Å².